The van der Waals surface area contributed by atoms with Gasteiger partial charge in [-0.2, -0.15) is 0 Å². The molecule has 0 saturated carbocycles. The average Bonchev–Trinajstić information content (AvgIpc) is 3.24. The van der Waals surface area contributed by atoms with E-state index in [9.17, 15) is 0 Å². The molecule has 8 heteroatoms. The highest BCUT2D eigenvalue weighted by molar-refractivity contribution is 6.30. The number of carbonyl (C=O) groups is 1. The van der Waals surface area contributed by atoms with Crippen LogP contribution in [0.4, 0.5) is 0 Å². The number of aromatic nitrogens is 4. The predicted octanol–water partition coefficient (Wildman–Crippen LogP) is 2.94. The van der Waals surface area contributed by atoms with Crippen molar-refractivity contribution in [2.45, 2.75) is 25.8 Å². The van der Waals surface area contributed by atoms with E-state index in [1.54, 1.807) is 6.26 Å². The minimum Gasteiger partial charge on any atom is -0.483 e. The van der Waals surface area contributed by atoms with E-state index in [0.29, 0.717) is 11.8 Å². The summed E-state index contributed by atoms with van der Waals surface area (Å²) in [6, 6.07) is 8.01. The van der Waals surface area contributed by atoms with Crippen molar-refractivity contribution in [3.8, 4) is 11.5 Å². The second-order valence-electron chi connectivity index (χ2n) is 5.36. The summed E-state index contributed by atoms with van der Waals surface area (Å²) in [5, 5.41) is 16.2. The van der Waals surface area contributed by atoms with Crippen LogP contribution in [0, 0.1) is 6.92 Å². The van der Waals surface area contributed by atoms with Crippen molar-refractivity contribution in [3.05, 3.63) is 52.8 Å². The maximum atomic E-state index is 8.36. The number of rotatable bonds is 2. The Hall–Kier alpha value is -2.67. The third kappa shape index (κ3) is 3.16. The van der Waals surface area contributed by atoms with Gasteiger partial charge >= 0.3 is 0 Å². The highest BCUT2D eigenvalue weighted by Crippen LogP contribution is 2.32. The van der Waals surface area contributed by atoms with Crippen molar-refractivity contribution < 1.29 is 14.3 Å². The molecule has 124 valence electrons. The minimum absolute atomic E-state index is 0.250. The molecule has 7 nitrogen and oxygen atoms in total. The molecule has 1 unspecified atom stereocenters. The zero-order chi connectivity index (χ0) is 17.1. The highest BCUT2D eigenvalue weighted by atomic mass is 35.5. The van der Waals surface area contributed by atoms with Crippen LogP contribution in [0.15, 0.2) is 34.9 Å². The van der Waals surface area contributed by atoms with Crippen LogP contribution in [0.2, 0.25) is 5.02 Å². The zero-order valence-corrected chi connectivity index (χ0v) is 13.6. The summed E-state index contributed by atoms with van der Waals surface area (Å²) >= 11 is 5.95. The SMILES string of the molecule is Cc1nc(-c2nnc3n2CC(c2ccc(Cl)cc2)C3)co1.O=CO. The number of oxazole rings is 1. The lowest BCUT2D eigenvalue weighted by molar-refractivity contribution is -0.122. The molecule has 0 radical (unpaired) electrons. The number of halogens is 1. The molecule has 1 aliphatic heterocycles. The Bertz CT molecular complexity index is 841. The van der Waals surface area contributed by atoms with Crippen LogP contribution in [-0.4, -0.2) is 31.3 Å². The Kier molecular flexibility index (Phi) is 4.61. The van der Waals surface area contributed by atoms with Gasteiger partial charge in [0, 0.05) is 30.8 Å². The van der Waals surface area contributed by atoms with Crippen molar-refractivity contribution in [3.63, 3.8) is 0 Å². The van der Waals surface area contributed by atoms with Crippen molar-refractivity contribution in [2.75, 3.05) is 0 Å². The lowest BCUT2D eigenvalue weighted by atomic mass is 9.98. The maximum Gasteiger partial charge on any atom is 0.290 e. The fraction of sp³-hybridized carbons (Fsp3) is 0.250. The smallest absolute Gasteiger partial charge is 0.290 e. The molecule has 2 aromatic heterocycles. The van der Waals surface area contributed by atoms with Gasteiger partial charge in [-0.15, -0.1) is 10.2 Å². The minimum atomic E-state index is -0.250. The standard InChI is InChI=1S/C15H13ClN4O.CH2O2/c1-9-17-13(8-21-9)15-19-18-14-6-11(7-20(14)15)10-2-4-12(16)5-3-10;2-1-3/h2-5,8,11H,6-7H2,1H3;1H,(H,2,3). The number of hydrogen-bond donors (Lipinski definition) is 1. The van der Waals surface area contributed by atoms with Crippen LogP contribution in [0.5, 0.6) is 0 Å². The first kappa shape index (κ1) is 16.2. The van der Waals surface area contributed by atoms with Crippen LogP contribution in [0.1, 0.15) is 23.2 Å². The van der Waals surface area contributed by atoms with Crippen molar-refractivity contribution >= 4 is 18.1 Å². The Balaban J connectivity index is 0.000000526. The molecule has 0 saturated heterocycles. The molecule has 4 rings (SSSR count). The van der Waals surface area contributed by atoms with Gasteiger partial charge in [0.15, 0.2) is 11.7 Å². The summed E-state index contributed by atoms with van der Waals surface area (Å²) in [6.45, 7) is 2.42. The molecule has 1 atom stereocenters. The largest absolute Gasteiger partial charge is 0.483 e. The summed E-state index contributed by atoms with van der Waals surface area (Å²) in [5.74, 6) is 2.80. The molecular formula is C16H15ClN4O3. The average molecular weight is 347 g/mol. The monoisotopic (exact) mass is 346 g/mol. The quantitative estimate of drug-likeness (QED) is 0.717. The van der Waals surface area contributed by atoms with E-state index >= 15 is 0 Å². The Labute approximate surface area is 142 Å². The summed E-state index contributed by atoms with van der Waals surface area (Å²) in [6.07, 6.45) is 2.51. The van der Waals surface area contributed by atoms with E-state index in [-0.39, 0.29) is 6.47 Å². The summed E-state index contributed by atoms with van der Waals surface area (Å²) in [4.78, 5) is 12.7. The van der Waals surface area contributed by atoms with Crippen LogP contribution < -0.4 is 0 Å². The molecule has 3 aromatic rings. The molecule has 0 spiro atoms. The first-order valence-electron chi connectivity index (χ1n) is 7.30. The van der Waals surface area contributed by atoms with Crippen LogP contribution in [-0.2, 0) is 17.8 Å². The normalized spacial score (nSPS) is 15.5. The van der Waals surface area contributed by atoms with E-state index in [1.165, 1.54) is 5.56 Å². The van der Waals surface area contributed by atoms with Gasteiger partial charge in [0.2, 0.25) is 0 Å². The van der Waals surface area contributed by atoms with E-state index in [1.807, 2.05) is 19.1 Å². The van der Waals surface area contributed by atoms with Gasteiger partial charge in [0.05, 0.1) is 0 Å². The van der Waals surface area contributed by atoms with Crippen LogP contribution >= 0.6 is 11.6 Å². The number of benzene rings is 1. The molecule has 3 heterocycles. The molecule has 24 heavy (non-hydrogen) atoms. The second kappa shape index (κ2) is 6.84. The number of aryl methyl sites for hydroxylation is 1. The van der Waals surface area contributed by atoms with E-state index in [4.69, 9.17) is 25.9 Å². The molecule has 0 aliphatic carbocycles. The molecule has 1 aliphatic rings. The van der Waals surface area contributed by atoms with Crippen LogP contribution in [0.25, 0.3) is 11.5 Å². The van der Waals surface area contributed by atoms with Gasteiger partial charge in [0.1, 0.15) is 17.8 Å². The Morgan fingerprint density at radius 2 is 2.04 bits per heavy atom. The fourth-order valence-corrected chi connectivity index (χ4v) is 2.92. The van der Waals surface area contributed by atoms with Gasteiger partial charge in [0.25, 0.3) is 6.47 Å². The summed E-state index contributed by atoms with van der Waals surface area (Å²) in [7, 11) is 0. The van der Waals surface area contributed by atoms with E-state index in [0.717, 1.165) is 35.3 Å². The summed E-state index contributed by atoms with van der Waals surface area (Å²) in [5.41, 5.74) is 2.01. The molecular weight excluding hydrogens is 332 g/mol. The highest BCUT2D eigenvalue weighted by Gasteiger charge is 2.28. The van der Waals surface area contributed by atoms with Gasteiger partial charge in [-0.05, 0) is 17.7 Å². The summed E-state index contributed by atoms with van der Waals surface area (Å²) < 4.78 is 7.39. The fourth-order valence-electron chi connectivity index (χ4n) is 2.80. The van der Waals surface area contributed by atoms with Gasteiger partial charge in [-0.25, -0.2) is 4.98 Å². The van der Waals surface area contributed by atoms with E-state index < -0.39 is 0 Å². The first-order valence-corrected chi connectivity index (χ1v) is 7.68. The van der Waals surface area contributed by atoms with Crippen molar-refractivity contribution in [1.82, 2.24) is 19.7 Å². The van der Waals surface area contributed by atoms with Crippen LogP contribution in [0.3, 0.4) is 0 Å². The maximum absolute atomic E-state index is 8.36. The lowest BCUT2D eigenvalue weighted by Crippen LogP contribution is -2.03. The lowest BCUT2D eigenvalue weighted by Gasteiger charge is -2.09. The van der Waals surface area contributed by atoms with Crippen molar-refractivity contribution in [2.24, 2.45) is 0 Å². The number of nitrogens with zero attached hydrogens (tertiary/aromatic N) is 4. The Morgan fingerprint density at radius 1 is 1.33 bits per heavy atom. The van der Waals surface area contributed by atoms with Gasteiger partial charge < -0.3 is 14.1 Å². The molecule has 1 aromatic carbocycles. The third-order valence-electron chi connectivity index (χ3n) is 3.85. The zero-order valence-electron chi connectivity index (χ0n) is 12.9. The number of fused-ring (bicyclic) bond motifs is 1. The van der Waals surface area contributed by atoms with Crippen molar-refractivity contribution in [1.29, 1.82) is 0 Å². The Morgan fingerprint density at radius 3 is 2.67 bits per heavy atom. The first-order chi connectivity index (χ1) is 11.6. The molecule has 0 amide bonds. The van der Waals surface area contributed by atoms with Gasteiger partial charge in [-0.3, -0.25) is 4.79 Å². The third-order valence-corrected chi connectivity index (χ3v) is 4.10. The molecule has 0 fully saturated rings. The number of carboxylic acid groups (broad SMARTS) is 1. The van der Waals surface area contributed by atoms with Gasteiger partial charge in [-0.1, -0.05) is 23.7 Å². The van der Waals surface area contributed by atoms with E-state index in [2.05, 4.69) is 31.9 Å². The second-order valence-corrected chi connectivity index (χ2v) is 5.80. The predicted molar refractivity (Wildman–Crippen MR) is 86.8 cm³/mol. The molecule has 0 bridgehead atoms. The number of hydrogen-bond acceptors (Lipinski definition) is 5. The topological polar surface area (TPSA) is 94.0 Å². The molecule has 1 N–H and O–H groups in total.